The lowest BCUT2D eigenvalue weighted by atomic mass is 10.1. The van der Waals surface area contributed by atoms with Gasteiger partial charge in [-0.1, -0.05) is 19.1 Å². The van der Waals surface area contributed by atoms with Crippen molar-refractivity contribution in [3.8, 4) is 0 Å². The van der Waals surface area contributed by atoms with E-state index >= 15 is 0 Å². The van der Waals surface area contributed by atoms with Crippen LogP contribution in [-0.4, -0.2) is 60.6 Å². The van der Waals surface area contributed by atoms with Crippen LogP contribution in [0.15, 0.2) is 29.6 Å². The average molecular weight is 432 g/mol. The standard InChI is InChI=1S/C21H29N5O3S/c1-4-25(15(2)3)13-16-5-7-17(8-6-16)19(27)23-24-20(28)18-14-30-21(22-18)26-9-11-29-12-10-26/h5-8,14-15H,4,9-13H2,1-3H3,(H,23,27)(H,24,28). The van der Waals surface area contributed by atoms with Crippen molar-refractivity contribution >= 4 is 28.3 Å². The number of morpholine rings is 1. The number of nitrogens with zero attached hydrogens (tertiary/aromatic N) is 3. The Labute approximate surface area is 181 Å². The Bertz CT molecular complexity index is 847. The van der Waals surface area contributed by atoms with Crippen LogP contribution in [0.25, 0.3) is 0 Å². The molecular formula is C21H29N5O3S. The Hall–Kier alpha value is -2.49. The van der Waals surface area contributed by atoms with Gasteiger partial charge in [-0.15, -0.1) is 11.3 Å². The van der Waals surface area contributed by atoms with Gasteiger partial charge in [-0.05, 0) is 38.1 Å². The van der Waals surface area contributed by atoms with Crippen LogP contribution in [0.4, 0.5) is 5.13 Å². The van der Waals surface area contributed by atoms with Crippen LogP contribution in [0, 0.1) is 0 Å². The summed E-state index contributed by atoms with van der Waals surface area (Å²) in [6, 6.07) is 7.88. The molecule has 2 heterocycles. The SMILES string of the molecule is CCN(Cc1ccc(C(=O)NNC(=O)c2csc(N3CCOCC3)n2)cc1)C(C)C. The Balaban J connectivity index is 1.51. The molecule has 0 bridgehead atoms. The number of benzene rings is 1. The predicted octanol–water partition coefficient (Wildman–Crippen LogP) is 2.28. The molecule has 1 fully saturated rings. The van der Waals surface area contributed by atoms with Crippen LogP contribution in [0.5, 0.6) is 0 Å². The van der Waals surface area contributed by atoms with E-state index in [0.717, 1.165) is 36.9 Å². The molecule has 3 rings (SSSR count). The second kappa shape index (κ2) is 10.5. The molecule has 162 valence electrons. The zero-order chi connectivity index (χ0) is 21.5. The summed E-state index contributed by atoms with van der Waals surface area (Å²) >= 11 is 1.41. The summed E-state index contributed by atoms with van der Waals surface area (Å²) in [4.78, 5) is 33.5. The summed E-state index contributed by atoms with van der Waals surface area (Å²) in [5.74, 6) is -0.805. The van der Waals surface area contributed by atoms with E-state index in [2.05, 4.69) is 46.4 Å². The number of hydrogen-bond acceptors (Lipinski definition) is 7. The summed E-state index contributed by atoms with van der Waals surface area (Å²) in [6.45, 7) is 11.1. The molecular weight excluding hydrogens is 402 g/mol. The number of hydrogen-bond donors (Lipinski definition) is 2. The Morgan fingerprint density at radius 3 is 2.47 bits per heavy atom. The van der Waals surface area contributed by atoms with E-state index in [0.29, 0.717) is 24.8 Å². The molecule has 2 N–H and O–H groups in total. The molecule has 2 aromatic rings. The lowest BCUT2D eigenvalue weighted by molar-refractivity contribution is 0.0844. The van der Waals surface area contributed by atoms with Crippen molar-refractivity contribution in [3.63, 3.8) is 0 Å². The highest BCUT2D eigenvalue weighted by Crippen LogP contribution is 2.21. The fourth-order valence-corrected chi connectivity index (χ4v) is 4.03. The zero-order valence-electron chi connectivity index (χ0n) is 17.7. The van der Waals surface area contributed by atoms with E-state index in [1.807, 2.05) is 12.1 Å². The number of aromatic nitrogens is 1. The summed E-state index contributed by atoms with van der Waals surface area (Å²) in [7, 11) is 0. The molecule has 0 unspecified atom stereocenters. The number of thiazole rings is 1. The van der Waals surface area contributed by atoms with Crippen LogP contribution in [0.1, 0.15) is 47.2 Å². The molecule has 0 atom stereocenters. The number of anilines is 1. The van der Waals surface area contributed by atoms with Gasteiger partial charge in [0.25, 0.3) is 11.8 Å². The maximum Gasteiger partial charge on any atom is 0.289 e. The molecule has 1 aromatic heterocycles. The Kier molecular flexibility index (Phi) is 7.78. The molecule has 0 saturated carbocycles. The molecule has 1 aromatic carbocycles. The summed E-state index contributed by atoms with van der Waals surface area (Å²) in [5, 5.41) is 2.47. The van der Waals surface area contributed by atoms with Crippen molar-refractivity contribution < 1.29 is 14.3 Å². The molecule has 1 aliphatic rings. The van der Waals surface area contributed by atoms with Crippen LogP contribution in [-0.2, 0) is 11.3 Å². The quantitative estimate of drug-likeness (QED) is 0.654. The highest BCUT2D eigenvalue weighted by molar-refractivity contribution is 7.13. The largest absolute Gasteiger partial charge is 0.378 e. The number of hydrazine groups is 1. The molecule has 2 amide bonds. The van der Waals surface area contributed by atoms with E-state index in [1.165, 1.54) is 11.3 Å². The van der Waals surface area contributed by atoms with Crippen molar-refractivity contribution in [1.29, 1.82) is 0 Å². The summed E-state index contributed by atoms with van der Waals surface area (Å²) in [5.41, 5.74) is 6.81. The van der Waals surface area contributed by atoms with E-state index in [4.69, 9.17) is 4.74 Å². The normalized spacial score (nSPS) is 14.2. The van der Waals surface area contributed by atoms with E-state index in [1.54, 1.807) is 17.5 Å². The fourth-order valence-electron chi connectivity index (χ4n) is 3.17. The van der Waals surface area contributed by atoms with Crippen molar-refractivity contribution in [2.75, 3.05) is 37.7 Å². The lowest BCUT2D eigenvalue weighted by Crippen LogP contribution is -2.42. The van der Waals surface area contributed by atoms with Gasteiger partial charge in [0, 0.05) is 36.6 Å². The molecule has 9 heteroatoms. The maximum atomic E-state index is 12.4. The highest BCUT2D eigenvalue weighted by atomic mass is 32.1. The van der Waals surface area contributed by atoms with Gasteiger partial charge in [-0.25, -0.2) is 4.98 Å². The molecule has 0 aliphatic carbocycles. The monoisotopic (exact) mass is 431 g/mol. The summed E-state index contributed by atoms with van der Waals surface area (Å²) in [6.07, 6.45) is 0. The topological polar surface area (TPSA) is 86.8 Å². The minimum Gasteiger partial charge on any atom is -0.378 e. The first-order valence-electron chi connectivity index (χ1n) is 10.2. The van der Waals surface area contributed by atoms with Gasteiger partial charge in [0.2, 0.25) is 0 Å². The highest BCUT2D eigenvalue weighted by Gasteiger charge is 2.18. The summed E-state index contributed by atoms with van der Waals surface area (Å²) < 4.78 is 5.33. The second-order valence-corrected chi connectivity index (χ2v) is 8.21. The van der Waals surface area contributed by atoms with Crippen LogP contribution in [0.3, 0.4) is 0 Å². The number of ether oxygens (including phenoxy) is 1. The van der Waals surface area contributed by atoms with Crippen LogP contribution in [0.2, 0.25) is 0 Å². The third kappa shape index (κ3) is 5.78. The fraction of sp³-hybridized carbons (Fsp3) is 0.476. The second-order valence-electron chi connectivity index (χ2n) is 7.38. The van der Waals surface area contributed by atoms with Crippen molar-refractivity contribution in [2.45, 2.75) is 33.4 Å². The van der Waals surface area contributed by atoms with Gasteiger partial charge in [-0.2, -0.15) is 0 Å². The third-order valence-electron chi connectivity index (χ3n) is 5.03. The van der Waals surface area contributed by atoms with Gasteiger partial charge < -0.3 is 9.64 Å². The van der Waals surface area contributed by atoms with E-state index in [-0.39, 0.29) is 11.6 Å². The van der Waals surface area contributed by atoms with Gasteiger partial charge in [0.05, 0.1) is 13.2 Å². The maximum absolute atomic E-state index is 12.4. The molecule has 0 radical (unpaired) electrons. The van der Waals surface area contributed by atoms with E-state index < -0.39 is 5.91 Å². The minimum atomic E-state index is -0.439. The molecule has 30 heavy (non-hydrogen) atoms. The number of carbonyl (C=O) groups excluding carboxylic acids is 2. The first-order chi connectivity index (χ1) is 14.5. The Morgan fingerprint density at radius 1 is 1.17 bits per heavy atom. The van der Waals surface area contributed by atoms with Gasteiger partial charge >= 0.3 is 0 Å². The van der Waals surface area contributed by atoms with Gasteiger partial charge in [0.15, 0.2) is 5.13 Å². The number of carbonyl (C=O) groups is 2. The molecule has 0 spiro atoms. The van der Waals surface area contributed by atoms with Crippen LogP contribution < -0.4 is 15.8 Å². The molecule has 1 aliphatic heterocycles. The van der Waals surface area contributed by atoms with Crippen LogP contribution >= 0.6 is 11.3 Å². The van der Waals surface area contributed by atoms with Crippen molar-refractivity contribution in [2.24, 2.45) is 0 Å². The van der Waals surface area contributed by atoms with Crippen molar-refractivity contribution in [1.82, 2.24) is 20.7 Å². The number of nitrogens with one attached hydrogen (secondary N) is 2. The Morgan fingerprint density at radius 2 is 1.83 bits per heavy atom. The van der Waals surface area contributed by atoms with Crippen molar-refractivity contribution in [3.05, 3.63) is 46.5 Å². The third-order valence-corrected chi connectivity index (χ3v) is 5.94. The van der Waals surface area contributed by atoms with Gasteiger partial charge in [-0.3, -0.25) is 25.3 Å². The van der Waals surface area contributed by atoms with Gasteiger partial charge in [0.1, 0.15) is 5.69 Å². The first kappa shape index (κ1) is 22.2. The average Bonchev–Trinajstić information content (AvgIpc) is 3.27. The zero-order valence-corrected chi connectivity index (χ0v) is 18.5. The first-order valence-corrected chi connectivity index (χ1v) is 11.1. The van der Waals surface area contributed by atoms with E-state index in [9.17, 15) is 9.59 Å². The smallest absolute Gasteiger partial charge is 0.289 e. The lowest BCUT2D eigenvalue weighted by Gasteiger charge is -2.25. The predicted molar refractivity (Wildman–Crippen MR) is 118 cm³/mol. The number of rotatable bonds is 7. The number of amides is 2. The molecule has 1 saturated heterocycles. The minimum absolute atomic E-state index is 0.283. The molecule has 8 nitrogen and oxygen atoms in total.